The minimum absolute atomic E-state index is 0.746. The molecule has 0 aliphatic heterocycles. The molecule has 0 amide bonds. The fourth-order valence-electron chi connectivity index (χ4n) is 2.25. The zero-order valence-electron chi connectivity index (χ0n) is 12.7. The maximum absolute atomic E-state index is 5.74. The second-order valence-corrected chi connectivity index (χ2v) is 5.77. The molecule has 3 nitrogen and oxygen atoms in total. The highest BCUT2D eigenvalue weighted by molar-refractivity contribution is 5.20. The Morgan fingerprint density at radius 1 is 1.20 bits per heavy atom. The van der Waals surface area contributed by atoms with E-state index in [1.165, 1.54) is 50.5 Å². The summed E-state index contributed by atoms with van der Waals surface area (Å²) >= 11 is 0. The van der Waals surface area contributed by atoms with Gasteiger partial charge in [-0.1, -0.05) is 39.0 Å². The number of pyridine rings is 1. The number of unbranched alkanes of at least 4 members (excludes halogenated alkanes) is 5. The normalized spacial score (nSPS) is 14.4. The van der Waals surface area contributed by atoms with Crippen LogP contribution in [0.1, 0.15) is 63.9 Å². The third kappa shape index (κ3) is 6.38. The molecule has 0 spiro atoms. The molecule has 1 fully saturated rings. The molecule has 1 aromatic heterocycles. The molecule has 1 aliphatic carbocycles. The van der Waals surface area contributed by atoms with Gasteiger partial charge in [0.15, 0.2) is 0 Å². The Labute approximate surface area is 123 Å². The van der Waals surface area contributed by atoms with Gasteiger partial charge in [0.1, 0.15) is 0 Å². The Kier molecular flexibility index (Phi) is 6.85. The summed E-state index contributed by atoms with van der Waals surface area (Å²) in [6.45, 7) is 3.97. The van der Waals surface area contributed by atoms with Crippen LogP contribution in [0.3, 0.4) is 0 Å². The van der Waals surface area contributed by atoms with E-state index in [1.807, 2.05) is 6.20 Å². The molecule has 112 valence electrons. The van der Waals surface area contributed by atoms with Crippen LogP contribution in [0.4, 0.5) is 0 Å². The van der Waals surface area contributed by atoms with Gasteiger partial charge in [-0.2, -0.15) is 0 Å². The first-order valence-corrected chi connectivity index (χ1v) is 8.19. The molecule has 1 saturated carbocycles. The number of aromatic nitrogens is 1. The lowest BCUT2D eigenvalue weighted by Gasteiger charge is -2.07. The fourth-order valence-corrected chi connectivity index (χ4v) is 2.25. The standard InChI is InChI=1S/C17H28N2O/c1-2-3-4-5-6-7-12-20-17-13-15(10-11-18-17)14-19-16-8-9-16/h10-11,13,16,19H,2-9,12,14H2,1H3. The molecule has 0 unspecified atom stereocenters. The number of nitrogens with zero attached hydrogens (tertiary/aromatic N) is 1. The average Bonchev–Trinajstić information content (AvgIpc) is 3.29. The second-order valence-electron chi connectivity index (χ2n) is 5.77. The van der Waals surface area contributed by atoms with Gasteiger partial charge in [-0.05, 0) is 30.9 Å². The molecule has 0 aromatic carbocycles. The molecular weight excluding hydrogens is 248 g/mol. The van der Waals surface area contributed by atoms with Crippen LogP contribution < -0.4 is 10.1 Å². The van der Waals surface area contributed by atoms with E-state index in [-0.39, 0.29) is 0 Å². The Balaban J connectivity index is 1.58. The summed E-state index contributed by atoms with van der Waals surface area (Å²) < 4.78 is 5.74. The molecule has 20 heavy (non-hydrogen) atoms. The van der Waals surface area contributed by atoms with Crippen molar-refractivity contribution in [3.05, 3.63) is 23.9 Å². The summed E-state index contributed by atoms with van der Waals surface area (Å²) in [6, 6.07) is 4.87. The quantitative estimate of drug-likeness (QED) is 0.619. The molecule has 1 aromatic rings. The number of ether oxygens (including phenoxy) is 1. The van der Waals surface area contributed by atoms with Crippen molar-refractivity contribution < 1.29 is 4.74 Å². The number of nitrogens with one attached hydrogen (secondary N) is 1. The van der Waals surface area contributed by atoms with Crippen molar-refractivity contribution in [2.24, 2.45) is 0 Å². The molecule has 1 N–H and O–H groups in total. The van der Waals surface area contributed by atoms with Crippen LogP contribution in [0.25, 0.3) is 0 Å². The van der Waals surface area contributed by atoms with Crippen molar-refractivity contribution in [2.45, 2.75) is 70.9 Å². The van der Waals surface area contributed by atoms with Crippen LogP contribution in [0, 0.1) is 0 Å². The van der Waals surface area contributed by atoms with Crippen molar-refractivity contribution in [3.8, 4) is 5.88 Å². The third-order valence-corrected chi connectivity index (χ3v) is 3.72. The highest BCUT2D eigenvalue weighted by atomic mass is 16.5. The van der Waals surface area contributed by atoms with E-state index < -0.39 is 0 Å². The highest BCUT2D eigenvalue weighted by Gasteiger charge is 2.19. The van der Waals surface area contributed by atoms with Gasteiger partial charge in [0, 0.05) is 24.8 Å². The molecule has 0 bridgehead atoms. The summed E-state index contributed by atoms with van der Waals surface area (Å²) in [7, 11) is 0. The van der Waals surface area contributed by atoms with Gasteiger partial charge in [0.05, 0.1) is 6.61 Å². The van der Waals surface area contributed by atoms with Gasteiger partial charge in [-0.15, -0.1) is 0 Å². The summed E-state index contributed by atoms with van der Waals surface area (Å²) in [6.07, 6.45) is 12.3. The number of hydrogen-bond acceptors (Lipinski definition) is 3. The maximum atomic E-state index is 5.74. The first-order chi connectivity index (χ1) is 9.88. The Bertz CT molecular complexity index is 377. The van der Waals surface area contributed by atoms with Crippen molar-refractivity contribution in [1.29, 1.82) is 0 Å². The zero-order chi connectivity index (χ0) is 14.0. The molecule has 0 radical (unpaired) electrons. The third-order valence-electron chi connectivity index (χ3n) is 3.72. The average molecular weight is 276 g/mol. The minimum Gasteiger partial charge on any atom is -0.478 e. The molecule has 0 saturated heterocycles. The zero-order valence-corrected chi connectivity index (χ0v) is 12.7. The van der Waals surface area contributed by atoms with E-state index in [0.29, 0.717) is 0 Å². The van der Waals surface area contributed by atoms with E-state index >= 15 is 0 Å². The predicted octanol–water partition coefficient (Wildman–Crippen LogP) is 4.07. The first-order valence-electron chi connectivity index (χ1n) is 8.19. The fraction of sp³-hybridized carbons (Fsp3) is 0.706. The van der Waals surface area contributed by atoms with Crippen LogP contribution in [0.2, 0.25) is 0 Å². The smallest absolute Gasteiger partial charge is 0.213 e. The van der Waals surface area contributed by atoms with Crippen LogP contribution in [0.5, 0.6) is 5.88 Å². The summed E-state index contributed by atoms with van der Waals surface area (Å²) in [5, 5.41) is 3.51. The van der Waals surface area contributed by atoms with Gasteiger partial charge in [0.25, 0.3) is 0 Å². The first kappa shape index (κ1) is 15.3. The second kappa shape index (κ2) is 8.96. The Morgan fingerprint density at radius 3 is 2.80 bits per heavy atom. The molecule has 1 aliphatic rings. The number of hydrogen-bond donors (Lipinski definition) is 1. The SMILES string of the molecule is CCCCCCCCOc1cc(CNC2CC2)ccn1. The summed E-state index contributed by atoms with van der Waals surface area (Å²) in [4.78, 5) is 4.28. The van der Waals surface area contributed by atoms with Crippen molar-refractivity contribution in [3.63, 3.8) is 0 Å². The summed E-state index contributed by atoms with van der Waals surface area (Å²) in [5.74, 6) is 0.772. The summed E-state index contributed by atoms with van der Waals surface area (Å²) in [5.41, 5.74) is 1.27. The van der Waals surface area contributed by atoms with Crippen molar-refractivity contribution >= 4 is 0 Å². The molecule has 1 heterocycles. The monoisotopic (exact) mass is 276 g/mol. The minimum atomic E-state index is 0.746. The molecule has 0 atom stereocenters. The number of rotatable bonds is 11. The van der Waals surface area contributed by atoms with Gasteiger partial charge in [0.2, 0.25) is 5.88 Å². The largest absolute Gasteiger partial charge is 0.478 e. The topological polar surface area (TPSA) is 34.1 Å². The lowest BCUT2D eigenvalue weighted by Crippen LogP contribution is -2.15. The lowest BCUT2D eigenvalue weighted by molar-refractivity contribution is 0.293. The van der Waals surface area contributed by atoms with Crippen molar-refractivity contribution in [1.82, 2.24) is 10.3 Å². The molecule has 2 rings (SSSR count). The van der Waals surface area contributed by atoms with Crippen LogP contribution in [-0.4, -0.2) is 17.6 Å². The van der Waals surface area contributed by atoms with Crippen molar-refractivity contribution in [2.75, 3.05) is 6.61 Å². The van der Waals surface area contributed by atoms with Gasteiger partial charge < -0.3 is 10.1 Å². The predicted molar refractivity (Wildman–Crippen MR) is 83.0 cm³/mol. The van der Waals surface area contributed by atoms with Crippen LogP contribution in [0.15, 0.2) is 18.3 Å². The molecule has 3 heteroatoms. The van der Waals surface area contributed by atoms with Gasteiger partial charge in [-0.3, -0.25) is 0 Å². The Hall–Kier alpha value is -1.09. The van der Waals surface area contributed by atoms with E-state index in [9.17, 15) is 0 Å². The van der Waals surface area contributed by atoms with Crippen LogP contribution in [-0.2, 0) is 6.54 Å². The molecular formula is C17H28N2O. The van der Waals surface area contributed by atoms with E-state index in [1.54, 1.807) is 0 Å². The lowest BCUT2D eigenvalue weighted by atomic mass is 10.1. The Morgan fingerprint density at radius 2 is 2.00 bits per heavy atom. The van der Waals surface area contributed by atoms with E-state index in [4.69, 9.17) is 4.74 Å². The van der Waals surface area contributed by atoms with Gasteiger partial charge in [-0.25, -0.2) is 4.98 Å². The maximum Gasteiger partial charge on any atom is 0.213 e. The highest BCUT2D eigenvalue weighted by Crippen LogP contribution is 2.19. The van der Waals surface area contributed by atoms with E-state index in [2.05, 4.69) is 29.4 Å². The van der Waals surface area contributed by atoms with E-state index in [0.717, 1.165) is 31.5 Å². The van der Waals surface area contributed by atoms with Gasteiger partial charge >= 0.3 is 0 Å². The van der Waals surface area contributed by atoms with Crippen LogP contribution >= 0.6 is 0 Å².